The Balaban J connectivity index is 0.00000387. The second-order valence-corrected chi connectivity index (χ2v) is 10.8. The average Bonchev–Trinajstić information content (AvgIpc) is 3.46. The van der Waals surface area contributed by atoms with Gasteiger partial charge in [-0.15, -0.1) is 0 Å². The summed E-state index contributed by atoms with van der Waals surface area (Å²) in [5, 5.41) is 24.0. The van der Waals surface area contributed by atoms with E-state index in [0.717, 1.165) is 44.2 Å². The van der Waals surface area contributed by atoms with Crippen LogP contribution in [0, 0.1) is 5.92 Å². The van der Waals surface area contributed by atoms with Crippen LogP contribution in [0.15, 0.2) is 107 Å². The molecule has 0 amide bonds. The summed E-state index contributed by atoms with van der Waals surface area (Å²) in [5.74, 6) is -1.37. The molecule has 1 heterocycles. The number of carbonyl (C=O) groups is 1. The Morgan fingerprint density at radius 3 is 2.34 bits per heavy atom. The van der Waals surface area contributed by atoms with Crippen LogP contribution < -0.4 is 5.11 Å². The van der Waals surface area contributed by atoms with Crippen molar-refractivity contribution in [2.45, 2.75) is 57.2 Å². The van der Waals surface area contributed by atoms with Gasteiger partial charge < -0.3 is 10.2 Å². The fourth-order valence-corrected chi connectivity index (χ4v) is 5.76. The van der Waals surface area contributed by atoms with Gasteiger partial charge in [0.15, 0.2) is 5.54 Å². The number of allylic oxidation sites excluding steroid dienone is 1. The SMILES string of the molecule is CC(N=C(c1ccccc1)c1ccccc1N=C([O-])C1CCCN1Cc1ccccc1)(C(=O)O)C1C=CCCC1.[Ni+2]. The van der Waals surface area contributed by atoms with E-state index >= 15 is 0 Å². The van der Waals surface area contributed by atoms with Crippen LogP contribution in [-0.4, -0.2) is 45.7 Å². The smallest absolute Gasteiger partial charge is 0.861 e. The first-order valence-corrected chi connectivity index (χ1v) is 14.1. The molecule has 3 unspecified atom stereocenters. The summed E-state index contributed by atoms with van der Waals surface area (Å²) in [4.78, 5) is 24.6. The Labute approximate surface area is 252 Å². The van der Waals surface area contributed by atoms with Gasteiger partial charge in [0.25, 0.3) is 0 Å². The zero-order valence-corrected chi connectivity index (χ0v) is 24.3. The van der Waals surface area contributed by atoms with Crippen molar-refractivity contribution in [3.8, 4) is 0 Å². The molecule has 3 atom stereocenters. The molecule has 3 aromatic carbocycles. The van der Waals surface area contributed by atoms with E-state index in [0.29, 0.717) is 23.5 Å². The number of hydrogen-bond donors (Lipinski definition) is 1. The largest absolute Gasteiger partial charge is 2.00 e. The van der Waals surface area contributed by atoms with E-state index in [1.165, 1.54) is 5.56 Å². The van der Waals surface area contributed by atoms with Gasteiger partial charge in [0, 0.05) is 29.6 Å². The number of rotatable bonds is 9. The zero-order chi connectivity index (χ0) is 28.0. The van der Waals surface area contributed by atoms with Crippen molar-refractivity contribution >= 4 is 23.3 Å². The number of hydrogen-bond acceptors (Lipinski definition) is 5. The third-order valence-electron chi connectivity index (χ3n) is 8.07. The number of aliphatic imine (C=N–C) groups is 2. The van der Waals surface area contributed by atoms with Crippen LogP contribution in [0.1, 0.15) is 55.7 Å². The van der Waals surface area contributed by atoms with Gasteiger partial charge in [0.1, 0.15) is 0 Å². The summed E-state index contributed by atoms with van der Waals surface area (Å²) in [5.41, 5.74) is 2.29. The predicted molar refractivity (Wildman–Crippen MR) is 158 cm³/mol. The Morgan fingerprint density at radius 1 is 0.976 bits per heavy atom. The molecule has 0 aromatic heterocycles. The van der Waals surface area contributed by atoms with Gasteiger partial charge in [0.05, 0.1) is 11.4 Å². The molecule has 6 nitrogen and oxygen atoms in total. The molecule has 1 aliphatic heterocycles. The molecule has 1 aliphatic carbocycles. The molecule has 3 aromatic rings. The molecule has 5 rings (SSSR count). The van der Waals surface area contributed by atoms with Crippen molar-refractivity contribution in [2.24, 2.45) is 15.9 Å². The molecule has 0 radical (unpaired) electrons. The maximum atomic E-state index is 13.6. The molecule has 0 saturated carbocycles. The van der Waals surface area contributed by atoms with Crippen LogP contribution in [0.4, 0.5) is 5.69 Å². The fourth-order valence-electron chi connectivity index (χ4n) is 5.76. The number of aliphatic carboxylic acids is 1. The van der Waals surface area contributed by atoms with Crippen LogP contribution in [0.3, 0.4) is 0 Å². The molecular weight excluding hydrogens is 557 g/mol. The fraction of sp³-hybridized carbons (Fsp3) is 0.324. The van der Waals surface area contributed by atoms with Gasteiger partial charge in [-0.25, -0.2) is 4.79 Å². The number of carboxylic acids is 1. The number of benzene rings is 3. The van der Waals surface area contributed by atoms with Gasteiger partial charge in [-0.05, 0) is 63.1 Å². The van der Waals surface area contributed by atoms with E-state index in [4.69, 9.17) is 4.99 Å². The van der Waals surface area contributed by atoms with Crippen molar-refractivity contribution in [3.05, 3.63) is 114 Å². The first-order chi connectivity index (χ1) is 19.5. The summed E-state index contributed by atoms with van der Waals surface area (Å²) < 4.78 is 0. The molecular formula is C34H36N3NiO3+. The topological polar surface area (TPSA) is 88.3 Å². The van der Waals surface area contributed by atoms with Crippen molar-refractivity contribution in [2.75, 3.05) is 6.54 Å². The summed E-state index contributed by atoms with van der Waals surface area (Å²) in [6.07, 6.45) is 8.40. The van der Waals surface area contributed by atoms with Crippen molar-refractivity contribution < 1.29 is 31.5 Å². The van der Waals surface area contributed by atoms with Crippen LogP contribution >= 0.6 is 0 Å². The third kappa shape index (κ3) is 7.03. The van der Waals surface area contributed by atoms with Gasteiger partial charge in [-0.2, -0.15) is 0 Å². The van der Waals surface area contributed by atoms with Gasteiger partial charge in [0.2, 0.25) is 0 Å². The maximum Gasteiger partial charge on any atom is 2.00 e. The summed E-state index contributed by atoms with van der Waals surface area (Å²) in [6, 6.07) is 26.9. The Bertz CT molecular complexity index is 1410. The molecule has 1 N–H and O–H groups in total. The Kier molecular flexibility index (Phi) is 10.3. The normalized spacial score (nSPS) is 21.2. The molecule has 214 valence electrons. The monoisotopic (exact) mass is 592 g/mol. The molecule has 41 heavy (non-hydrogen) atoms. The molecule has 1 fully saturated rings. The van der Waals surface area contributed by atoms with Crippen LogP contribution in [0.25, 0.3) is 0 Å². The second kappa shape index (κ2) is 13.9. The van der Waals surface area contributed by atoms with Gasteiger partial charge in [-0.3, -0.25) is 14.9 Å². The minimum atomic E-state index is -1.36. The molecule has 7 heteroatoms. The summed E-state index contributed by atoms with van der Waals surface area (Å²) in [7, 11) is 0. The first-order valence-electron chi connectivity index (χ1n) is 14.1. The third-order valence-corrected chi connectivity index (χ3v) is 8.07. The number of para-hydroxylation sites is 1. The Hall–Kier alpha value is -3.54. The molecule has 0 bridgehead atoms. The second-order valence-electron chi connectivity index (χ2n) is 10.8. The standard InChI is InChI=1S/C34H37N3O3.Ni/c1-34(33(39)40,27-18-9-4-10-19-27)36-31(26-16-7-3-8-17-26)28-20-11-12-21-29(28)35-32(38)30-22-13-23-37(30)24-25-14-5-2-6-15-25;/h2-3,5-9,11-12,14-18,20-21,27,30H,4,10,13,19,22-24H2,1H3,(H,35,38)(H,39,40);/q;+2/p-1. The van der Waals surface area contributed by atoms with E-state index < -0.39 is 11.5 Å². The number of likely N-dealkylation sites (tertiary alicyclic amines) is 1. The van der Waals surface area contributed by atoms with E-state index in [9.17, 15) is 15.0 Å². The van der Waals surface area contributed by atoms with Gasteiger partial charge in [-0.1, -0.05) is 91.0 Å². The van der Waals surface area contributed by atoms with E-state index in [1.54, 1.807) is 6.92 Å². The average molecular weight is 593 g/mol. The Morgan fingerprint density at radius 2 is 1.66 bits per heavy atom. The van der Waals surface area contributed by atoms with Crippen molar-refractivity contribution in [1.29, 1.82) is 0 Å². The van der Waals surface area contributed by atoms with Crippen molar-refractivity contribution in [1.82, 2.24) is 4.90 Å². The van der Waals surface area contributed by atoms with Crippen LogP contribution in [-0.2, 0) is 27.8 Å². The first kappa shape index (κ1) is 30.4. The minimum Gasteiger partial charge on any atom is -0.861 e. The molecule has 0 spiro atoms. The number of carboxylic acid groups (broad SMARTS) is 1. The zero-order valence-electron chi connectivity index (χ0n) is 23.3. The van der Waals surface area contributed by atoms with Crippen molar-refractivity contribution in [3.63, 3.8) is 0 Å². The number of nitrogens with zero attached hydrogens (tertiary/aromatic N) is 3. The minimum absolute atomic E-state index is 0. The summed E-state index contributed by atoms with van der Waals surface area (Å²) in [6.45, 7) is 3.26. The molecule has 2 aliphatic rings. The van der Waals surface area contributed by atoms with E-state index in [2.05, 4.69) is 28.1 Å². The van der Waals surface area contributed by atoms with E-state index in [1.807, 2.05) is 78.9 Å². The quantitative estimate of drug-likeness (QED) is 0.148. The van der Waals surface area contributed by atoms with Crippen LogP contribution in [0.2, 0.25) is 0 Å². The predicted octanol–water partition coefficient (Wildman–Crippen LogP) is 5.78. The van der Waals surface area contributed by atoms with Crippen LogP contribution in [0.5, 0.6) is 0 Å². The molecule has 1 saturated heterocycles. The van der Waals surface area contributed by atoms with Gasteiger partial charge >= 0.3 is 22.5 Å². The maximum absolute atomic E-state index is 13.6. The summed E-state index contributed by atoms with van der Waals surface area (Å²) >= 11 is 0. The van der Waals surface area contributed by atoms with E-state index in [-0.39, 0.29) is 34.3 Å².